The van der Waals surface area contributed by atoms with Crippen molar-refractivity contribution in [3.8, 4) is 0 Å². The predicted molar refractivity (Wildman–Crippen MR) is 112 cm³/mol. The van der Waals surface area contributed by atoms with Gasteiger partial charge in [-0.2, -0.15) is 0 Å². The molecule has 2 heterocycles. The highest BCUT2D eigenvalue weighted by Crippen LogP contribution is 2.36. The zero-order valence-corrected chi connectivity index (χ0v) is 17.3. The second-order valence-corrected chi connectivity index (χ2v) is 8.14. The maximum absolute atomic E-state index is 12.5. The van der Waals surface area contributed by atoms with Crippen molar-refractivity contribution in [2.75, 3.05) is 27.2 Å². The second-order valence-electron chi connectivity index (χ2n) is 7.08. The summed E-state index contributed by atoms with van der Waals surface area (Å²) in [5.74, 6) is -0.0677. The number of quaternary nitrogens is 1. The van der Waals surface area contributed by atoms with Gasteiger partial charge in [-0.25, -0.2) is 0 Å². The molecular weight excluding hydrogens is 394 g/mol. The molecule has 0 aliphatic rings. The SMILES string of the molecule is C[NH+](C)CCCNC(=O)c1ccc2c(c1)sc1c(=O)[nH]c3ccccc3c12.[Cl-]. The highest BCUT2D eigenvalue weighted by molar-refractivity contribution is 7.26. The van der Waals surface area contributed by atoms with Crippen LogP contribution in [0.2, 0.25) is 0 Å². The number of hydrogen-bond acceptors (Lipinski definition) is 3. The first-order valence-electron chi connectivity index (χ1n) is 9.09. The highest BCUT2D eigenvalue weighted by Gasteiger charge is 2.14. The van der Waals surface area contributed by atoms with Crippen molar-refractivity contribution in [1.29, 1.82) is 0 Å². The lowest BCUT2D eigenvalue weighted by Crippen LogP contribution is -3.05. The number of aromatic amines is 1. The molecule has 0 radical (unpaired) electrons. The van der Waals surface area contributed by atoms with Crippen LogP contribution < -0.4 is 28.2 Å². The summed E-state index contributed by atoms with van der Waals surface area (Å²) in [4.78, 5) is 29.2. The molecule has 1 amide bonds. The number of benzene rings is 2. The molecule has 7 heteroatoms. The van der Waals surface area contributed by atoms with Crippen molar-refractivity contribution in [2.24, 2.45) is 0 Å². The molecule has 0 saturated heterocycles. The van der Waals surface area contributed by atoms with E-state index in [2.05, 4.69) is 24.4 Å². The first kappa shape index (κ1) is 20.3. The Kier molecular flexibility index (Phi) is 6.03. The summed E-state index contributed by atoms with van der Waals surface area (Å²) in [6.45, 7) is 1.68. The number of halogens is 1. The van der Waals surface area contributed by atoms with Gasteiger partial charge in [0.25, 0.3) is 11.5 Å². The van der Waals surface area contributed by atoms with Gasteiger partial charge in [-0.15, -0.1) is 11.3 Å². The molecule has 4 rings (SSSR count). The van der Waals surface area contributed by atoms with Gasteiger partial charge in [-0.1, -0.05) is 24.3 Å². The van der Waals surface area contributed by atoms with Gasteiger partial charge < -0.3 is 27.6 Å². The normalized spacial score (nSPS) is 11.2. The van der Waals surface area contributed by atoms with Crippen LogP contribution >= 0.6 is 11.3 Å². The molecule has 28 heavy (non-hydrogen) atoms. The van der Waals surface area contributed by atoms with Crippen molar-refractivity contribution >= 4 is 48.3 Å². The van der Waals surface area contributed by atoms with E-state index in [9.17, 15) is 9.59 Å². The lowest BCUT2D eigenvalue weighted by molar-refractivity contribution is -0.858. The number of para-hydroxylation sites is 1. The number of pyridine rings is 1. The largest absolute Gasteiger partial charge is 1.00 e. The summed E-state index contributed by atoms with van der Waals surface area (Å²) in [7, 11) is 4.20. The third kappa shape index (κ3) is 3.76. The number of thiophene rings is 1. The zero-order valence-electron chi connectivity index (χ0n) is 15.8. The fraction of sp³-hybridized carbons (Fsp3) is 0.238. The molecule has 0 spiro atoms. The van der Waals surface area contributed by atoms with Crippen LogP contribution in [-0.2, 0) is 0 Å². The van der Waals surface area contributed by atoms with Crippen LogP contribution in [0.15, 0.2) is 47.3 Å². The maximum Gasteiger partial charge on any atom is 0.266 e. The van der Waals surface area contributed by atoms with Crippen molar-refractivity contribution in [3.05, 3.63) is 58.4 Å². The molecule has 146 valence electrons. The summed E-state index contributed by atoms with van der Waals surface area (Å²) in [6.07, 6.45) is 0.945. The molecule has 0 bridgehead atoms. The van der Waals surface area contributed by atoms with Crippen LogP contribution in [0.4, 0.5) is 0 Å². The van der Waals surface area contributed by atoms with Gasteiger partial charge in [0.2, 0.25) is 0 Å². The molecular formula is C21H22ClN3O2S. The monoisotopic (exact) mass is 415 g/mol. The topological polar surface area (TPSA) is 66.4 Å². The minimum Gasteiger partial charge on any atom is -1.00 e. The molecule has 3 N–H and O–H groups in total. The van der Waals surface area contributed by atoms with E-state index >= 15 is 0 Å². The molecule has 2 aromatic heterocycles. The first-order chi connectivity index (χ1) is 13.0. The molecule has 0 saturated carbocycles. The number of H-pyrrole nitrogens is 1. The summed E-state index contributed by atoms with van der Waals surface area (Å²) < 4.78 is 1.66. The number of amides is 1. The first-order valence-corrected chi connectivity index (χ1v) is 9.91. The fourth-order valence-corrected chi connectivity index (χ4v) is 4.55. The lowest BCUT2D eigenvalue weighted by atomic mass is 10.1. The number of aromatic nitrogens is 1. The van der Waals surface area contributed by atoms with Gasteiger partial charge in [0.05, 0.1) is 20.6 Å². The summed E-state index contributed by atoms with van der Waals surface area (Å²) in [5, 5.41) is 5.99. The second kappa shape index (κ2) is 8.31. The van der Waals surface area contributed by atoms with E-state index in [1.165, 1.54) is 16.2 Å². The standard InChI is InChI=1S/C21H21N3O2S.ClH/c1-24(2)11-5-10-22-20(25)13-8-9-15-17(12-13)27-19-18(15)14-6-3-4-7-16(14)23-21(19)26;/h3-4,6-9,12H,5,10-11H2,1-2H3,(H,22,25)(H,23,26);1H. The summed E-state index contributed by atoms with van der Waals surface area (Å²) in [6, 6.07) is 13.5. The number of fused-ring (bicyclic) bond motifs is 5. The van der Waals surface area contributed by atoms with Gasteiger partial charge in [0.15, 0.2) is 0 Å². The minimum atomic E-state index is -0.0814. The van der Waals surface area contributed by atoms with Crippen LogP contribution in [-0.4, -0.2) is 38.1 Å². The fourth-order valence-electron chi connectivity index (χ4n) is 3.40. The van der Waals surface area contributed by atoms with Crippen molar-refractivity contribution in [3.63, 3.8) is 0 Å². The van der Waals surface area contributed by atoms with E-state index in [4.69, 9.17) is 0 Å². The molecule has 0 fully saturated rings. The predicted octanol–water partition coefficient (Wildman–Crippen LogP) is -0.836. The smallest absolute Gasteiger partial charge is 0.266 e. The van der Waals surface area contributed by atoms with E-state index in [1.54, 1.807) is 0 Å². The van der Waals surface area contributed by atoms with E-state index in [0.29, 0.717) is 16.8 Å². The van der Waals surface area contributed by atoms with Crippen LogP contribution in [0.5, 0.6) is 0 Å². The van der Waals surface area contributed by atoms with Crippen molar-refractivity contribution in [2.45, 2.75) is 6.42 Å². The van der Waals surface area contributed by atoms with E-state index in [-0.39, 0.29) is 23.9 Å². The van der Waals surface area contributed by atoms with Gasteiger partial charge in [0, 0.05) is 44.9 Å². The molecule has 5 nitrogen and oxygen atoms in total. The Hall–Kier alpha value is -2.41. The average molecular weight is 416 g/mol. The number of nitrogens with one attached hydrogen (secondary N) is 3. The highest BCUT2D eigenvalue weighted by atomic mass is 35.5. The van der Waals surface area contributed by atoms with Gasteiger partial charge in [-0.3, -0.25) is 9.59 Å². The quantitative estimate of drug-likeness (QED) is 0.372. The van der Waals surface area contributed by atoms with E-state index < -0.39 is 0 Å². The van der Waals surface area contributed by atoms with Crippen LogP contribution in [0.1, 0.15) is 16.8 Å². The van der Waals surface area contributed by atoms with Gasteiger partial charge >= 0.3 is 0 Å². The van der Waals surface area contributed by atoms with Gasteiger partial charge in [0.1, 0.15) is 4.70 Å². The molecule has 0 unspecified atom stereocenters. The van der Waals surface area contributed by atoms with E-state index in [1.807, 2.05) is 42.5 Å². The van der Waals surface area contributed by atoms with Crippen LogP contribution in [0.25, 0.3) is 31.1 Å². The molecule has 0 atom stereocenters. The minimum absolute atomic E-state index is 0. The number of carbonyl (C=O) groups is 1. The van der Waals surface area contributed by atoms with E-state index in [0.717, 1.165) is 39.3 Å². The zero-order chi connectivity index (χ0) is 19.0. The third-order valence-electron chi connectivity index (χ3n) is 4.74. The number of rotatable bonds is 5. The molecule has 0 aliphatic carbocycles. The van der Waals surface area contributed by atoms with Crippen LogP contribution in [0, 0.1) is 0 Å². The Morgan fingerprint density at radius 2 is 1.93 bits per heavy atom. The Morgan fingerprint density at radius 3 is 2.71 bits per heavy atom. The third-order valence-corrected chi connectivity index (χ3v) is 5.89. The summed E-state index contributed by atoms with van der Waals surface area (Å²) in [5.41, 5.74) is 1.38. The molecule has 4 aromatic rings. The Morgan fingerprint density at radius 1 is 1.14 bits per heavy atom. The van der Waals surface area contributed by atoms with Crippen LogP contribution in [0.3, 0.4) is 0 Å². The number of hydrogen-bond donors (Lipinski definition) is 3. The molecule has 0 aliphatic heterocycles. The average Bonchev–Trinajstić information content (AvgIpc) is 3.04. The Balaban J connectivity index is 0.00000225. The van der Waals surface area contributed by atoms with Crippen molar-refractivity contribution in [1.82, 2.24) is 10.3 Å². The lowest BCUT2D eigenvalue weighted by Gasteiger charge is -2.08. The maximum atomic E-state index is 12.5. The number of carbonyl (C=O) groups excluding carboxylic acids is 1. The summed E-state index contributed by atoms with van der Waals surface area (Å²) >= 11 is 1.44. The van der Waals surface area contributed by atoms with Crippen molar-refractivity contribution < 1.29 is 22.1 Å². The molecule has 2 aromatic carbocycles. The van der Waals surface area contributed by atoms with Gasteiger partial charge in [-0.05, 0) is 18.2 Å². The Labute approximate surface area is 172 Å². The Bertz CT molecular complexity index is 1210.